The molecule has 0 atom stereocenters. The molecule has 1 N–H and O–H groups in total. The Morgan fingerprint density at radius 1 is 1.03 bits per heavy atom. The number of thiophene rings is 1. The van der Waals surface area contributed by atoms with Gasteiger partial charge in [-0.2, -0.15) is 0 Å². The van der Waals surface area contributed by atoms with Gasteiger partial charge in [0, 0.05) is 37.9 Å². The quantitative estimate of drug-likeness (QED) is 0.580. The molecule has 9 heteroatoms. The number of hydrogen-bond acceptors (Lipinski definition) is 6. The minimum atomic E-state index is -0.0802. The Kier molecular flexibility index (Phi) is 6.13. The van der Waals surface area contributed by atoms with Gasteiger partial charge < -0.3 is 15.1 Å². The number of anilines is 3. The maximum atomic E-state index is 12.7. The second-order valence-corrected chi connectivity index (χ2v) is 9.45. The monoisotopic (exact) mass is 461 g/mol. The number of benzene rings is 1. The van der Waals surface area contributed by atoms with Gasteiger partial charge in [0.25, 0.3) is 5.91 Å². The Labute approximate surface area is 189 Å². The number of halogens is 2. The van der Waals surface area contributed by atoms with Crippen molar-refractivity contribution in [2.24, 2.45) is 0 Å². The van der Waals surface area contributed by atoms with Crippen LogP contribution in [0, 0.1) is 13.8 Å². The van der Waals surface area contributed by atoms with E-state index in [1.54, 1.807) is 11.0 Å². The largest absolute Gasteiger partial charge is 0.353 e. The molecule has 6 nitrogen and oxygen atoms in total. The van der Waals surface area contributed by atoms with Crippen molar-refractivity contribution < 1.29 is 4.79 Å². The van der Waals surface area contributed by atoms with E-state index in [1.165, 1.54) is 16.9 Å². The van der Waals surface area contributed by atoms with Gasteiger partial charge in [0.05, 0.1) is 9.90 Å². The highest BCUT2D eigenvalue weighted by molar-refractivity contribution is 7.20. The molecule has 2 aromatic heterocycles. The molecule has 1 saturated heterocycles. The highest BCUT2D eigenvalue weighted by Crippen LogP contribution is 2.32. The molecule has 3 heterocycles. The lowest BCUT2D eigenvalue weighted by atomic mass is 10.2. The molecule has 1 aliphatic heterocycles. The highest BCUT2D eigenvalue weighted by Gasteiger charge is 2.25. The number of amides is 1. The van der Waals surface area contributed by atoms with Crippen LogP contribution in [-0.4, -0.2) is 47.0 Å². The lowest BCUT2D eigenvalue weighted by Gasteiger charge is -2.35. The van der Waals surface area contributed by atoms with Crippen LogP contribution in [0.15, 0.2) is 36.4 Å². The summed E-state index contributed by atoms with van der Waals surface area (Å²) in [5, 5.41) is 3.34. The van der Waals surface area contributed by atoms with Crippen molar-refractivity contribution in [1.29, 1.82) is 0 Å². The second kappa shape index (κ2) is 8.79. The van der Waals surface area contributed by atoms with Crippen LogP contribution in [-0.2, 0) is 0 Å². The van der Waals surface area contributed by atoms with E-state index in [0.29, 0.717) is 46.2 Å². The van der Waals surface area contributed by atoms with Crippen molar-refractivity contribution >= 4 is 57.8 Å². The van der Waals surface area contributed by atoms with Crippen molar-refractivity contribution in [2.75, 3.05) is 36.4 Å². The fraction of sp³-hybridized carbons (Fsp3) is 0.286. The number of nitrogens with zero attached hydrogens (tertiary/aromatic N) is 4. The molecule has 3 aromatic rings. The Morgan fingerprint density at radius 3 is 2.37 bits per heavy atom. The Bertz CT molecular complexity index is 1060. The smallest absolute Gasteiger partial charge is 0.256 e. The summed E-state index contributed by atoms with van der Waals surface area (Å²) < 4.78 is 0.956. The third-order valence-corrected chi connectivity index (χ3v) is 6.41. The van der Waals surface area contributed by atoms with E-state index >= 15 is 0 Å². The van der Waals surface area contributed by atoms with Gasteiger partial charge in [-0.15, -0.1) is 11.3 Å². The van der Waals surface area contributed by atoms with Crippen molar-refractivity contribution in [3.8, 4) is 0 Å². The van der Waals surface area contributed by atoms with Gasteiger partial charge in [0.1, 0.15) is 21.8 Å². The van der Waals surface area contributed by atoms with Gasteiger partial charge in [-0.05, 0) is 32.0 Å². The Morgan fingerprint density at radius 2 is 1.73 bits per heavy atom. The van der Waals surface area contributed by atoms with Crippen molar-refractivity contribution in [1.82, 2.24) is 14.9 Å². The summed E-state index contributed by atoms with van der Waals surface area (Å²) in [5.41, 5.74) is 2.66. The van der Waals surface area contributed by atoms with E-state index in [9.17, 15) is 4.79 Å². The summed E-state index contributed by atoms with van der Waals surface area (Å²) in [6.45, 7) is 6.48. The third-order valence-electron chi connectivity index (χ3n) is 4.93. The van der Waals surface area contributed by atoms with E-state index in [-0.39, 0.29) is 5.91 Å². The predicted octanol–water partition coefficient (Wildman–Crippen LogP) is 5.17. The van der Waals surface area contributed by atoms with E-state index < -0.39 is 0 Å². The van der Waals surface area contributed by atoms with E-state index in [2.05, 4.69) is 39.2 Å². The fourth-order valence-corrected chi connectivity index (χ4v) is 4.81. The molecule has 1 aliphatic rings. The molecule has 0 saturated carbocycles. The van der Waals surface area contributed by atoms with Crippen LogP contribution in [0.25, 0.3) is 0 Å². The first-order valence-corrected chi connectivity index (χ1v) is 11.1. The normalized spacial score (nSPS) is 14.1. The second-order valence-electron chi connectivity index (χ2n) is 7.17. The summed E-state index contributed by atoms with van der Waals surface area (Å²) in [6, 6.07) is 11.7. The van der Waals surface area contributed by atoms with Gasteiger partial charge in [0.2, 0.25) is 0 Å². The number of hydrogen-bond donors (Lipinski definition) is 1. The number of carbonyl (C=O) groups excluding carboxylic acids is 1. The van der Waals surface area contributed by atoms with Crippen LogP contribution in [0.1, 0.15) is 21.7 Å². The number of rotatable bonds is 4. The molecule has 1 amide bonds. The zero-order valence-electron chi connectivity index (χ0n) is 16.7. The fourth-order valence-electron chi connectivity index (χ4n) is 3.36. The summed E-state index contributed by atoms with van der Waals surface area (Å²) in [4.78, 5) is 25.8. The van der Waals surface area contributed by atoms with Crippen molar-refractivity contribution in [3.05, 3.63) is 62.0 Å². The lowest BCUT2D eigenvalue weighted by molar-refractivity contribution is 0.0747. The van der Waals surface area contributed by atoms with Crippen molar-refractivity contribution in [2.45, 2.75) is 13.8 Å². The minimum Gasteiger partial charge on any atom is -0.353 e. The molecule has 0 spiro atoms. The van der Waals surface area contributed by atoms with Crippen LogP contribution >= 0.6 is 34.5 Å². The summed E-state index contributed by atoms with van der Waals surface area (Å²) in [5.74, 6) is 2.21. The highest BCUT2D eigenvalue weighted by atomic mass is 35.5. The molecular weight excluding hydrogens is 441 g/mol. The number of piperazine rings is 1. The van der Waals surface area contributed by atoms with E-state index in [0.717, 1.165) is 17.3 Å². The zero-order chi connectivity index (χ0) is 21.3. The van der Waals surface area contributed by atoms with Crippen LogP contribution in [0.5, 0.6) is 0 Å². The average molecular weight is 462 g/mol. The first-order valence-electron chi connectivity index (χ1n) is 9.57. The van der Waals surface area contributed by atoms with E-state index in [4.69, 9.17) is 23.2 Å². The van der Waals surface area contributed by atoms with Crippen LogP contribution < -0.4 is 10.2 Å². The maximum Gasteiger partial charge on any atom is 0.256 e. The SMILES string of the molecule is Cc1ccc(Nc2cc(N3CCN(C(=O)c4cc(Cl)sc4Cl)CC3)nc(C)n2)cc1. The Balaban J connectivity index is 1.44. The molecule has 1 fully saturated rings. The van der Waals surface area contributed by atoms with Gasteiger partial charge in [-0.3, -0.25) is 4.79 Å². The predicted molar refractivity (Wildman–Crippen MR) is 124 cm³/mol. The standard InChI is InChI=1S/C21H21Cl2N5OS/c1-13-3-5-15(6-4-13)26-18-12-19(25-14(2)24-18)27-7-9-28(10-8-27)21(29)16-11-17(22)30-20(16)23/h3-6,11-12H,7-10H2,1-2H3,(H,24,25,26). The molecule has 30 heavy (non-hydrogen) atoms. The van der Waals surface area contributed by atoms with Crippen LogP contribution in [0.3, 0.4) is 0 Å². The average Bonchev–Trinajstić information content (AvgIpc) is 3.07. The zero-order valence-corrected chi connectivity index (χ0v) is 19.0. The van der Waals surface area contributed by atoms with Crippen molar-refractivity contribution in [3.63, 3.8) is 0 Å². The molecule has 1 aromatic carbocycles. The Hall–Kier alpha value is -2.35. The van der Waals surface area contributed by atoms with Crippen LogP contribution in [0.2, 0.25) is 8.67 Å². The molecular formula is C21H21Cl2N5OS. The number of aryl methyl sites for hydroxylation is 2. The molecule has 0 bridgehead atoms. The summed E-state index contributed by atoms with van der Waals surface area (Å²) in [7, 11) is 0. The lowest BCUT2D eigenvalue weighted by Crippen LogP contribution is -2.49. The molecule has 156 valence electrons. The molecule has 0 aliphatic carbocycles. The number of nitrogens with one attached hydrogen (secondary N) is 1. The number of carbonyl (C=O) groups is 1. The summed E-state index contributed by atoms with van der Waals surface area (Å²) >= 11 is 13.3. The summed E-state index contributed by atoms with van der Waals surface area (Å²) in [6.07, 6.45) is 0. The third kappa shape index (κ3) is 4.69. The molecule has 0 radical (unpaired) electrons. The van der Waals surface area contributed by atoms with Gasteiger partial charge >= 0.3 is 0 Å². The van der Waals surface area contributed by atoms with Gasteiger partial charge in [-0.1, -0.05) is 40.9 Å². The first kappa shape index (κ1) is 20.9. The van der Waals surface area contributed by atoms with E-state index in [1.807, 2.05) is 25.1 Å². The molecule has 4 rings (SSSR count). The first-order chi connectivity index (χ1) is 14.4. The maximum absolute atomic E-state index is 12.7. The van der Waals surface area contributed by atoms with Gasteiger partial charge in [-0.25, -0.2) is 9.97 Å². The number of aromatic nitrogens is 2. The molecule has 0 unspecified atom stereocenters. The minimum absolute atomic E-state index is 0.0802. The van der Waals surface area contributed by atoms with Gasteiger partial charge in [0.15, 0.2) is 0 Å². The van der Waals surface area contributed by atoms with Crippen LogP contribution in [0.4, 0.5) is 17.3 Å². The topological polar surface area (TPSA) is 61.4 Å².